The molecule has 3 nitrogen and oxygen atoms in total. The Morgan fingerprint density at radius 3 is 2.32 bits per heavy atom. The third-order valence-electron chi connectivity index (χ3n) is 4.04. The van der Waals surface area contributed by atoms with Crippen LogP contribution in [-0.2, 0) is 6.42 Å². The van der Waals surface area contributed by atoms with E-state index in [0.717, 1.165) is 17.0 Å². The van der Waals surface area contributed by atoms with Crippen molar-refractivity contribution in [2.45, 2.75) is 13.3 Å². The van der Waals surface area contributed by atoms with E-state index >= 15 is 0 Å². The molecule has 22 heavy (non-hydrogen) atoms. The summed E-state index contributed by atoms with van der Waals surface area (Å²) >= 11 is 0. The van der Waals surface area contributed by atoms with Crippen LogP contribution in [0.5, 0.6) is 5.75 Å². The highest BCUT2D eigenvalue weighted by Crippen LogP contribution is 2.21. The van der Waals surface area contributed by atoms with E-state index in [1.165, 1.54) is 16.5 Å². The predicted molar refractivity (Wildman–Crippen MR) is 87.6 cm³/mol. The first-order valence-electron chi connectivity index (χ1n) is 7.42. The zero-order valence-corrected chi connectivity index (χ0v) is 12.9. The van der Waals surface area contributed by atoms with Crippen molar-refractivity contribution in [1.29, 1.82) is 0 Å². The van der Waals surface area contributed by atoms with Crippen molar-refractivity contribution >= 4 is 10.8 Å². The van der Waals surface area contributed by atoms with Crippen molar-refractivity contribution in [2.75, 3.05) is 13.7 Å². The monoisotopic (exact) mass is 294 g/mol. The van der Waals surface area contributed by atoms with Gasteiger partial charge >= 0.3 is 0 Å². The summed E-state index contributed by atoms with van der Waals surface area (Å²) in [7, 11) is 1.67. The Bertz CT molecular complexity index is 794. The van der Waals surface area contributed by atoms with Gasteiger partial charge in [0.25, 0.3) is 0 Å². The number of nitrogens with zero attached hydrogens (tertiary/aromatic N) is 1. The maximum absolute atomic E-state index is 9.35. The maximum Gasteiger partial charge on any atom is 0.211 e. The fourth-order valence-corrected chi connectivity index (χ4v) is 2.86. The van der Waals surface area contributed by atoms with Crippen LogP contribution in [0.2, 0.25) is 0 Å². The average molecular weight is 294 g/mol. The first-order chi connectivity index (χ1) is 10.7. The van der Waals surface area contributed by atoms with Crippen molar-refractivity contribution in [2.24, 2.45) is 0 Å². The first kappa shape index (κ1) is 14.5. The summed E-state index contributed by atoms with van der Waals surface area (Å²) in [5.41, 5.74) is 3.42. The van der Waals surface area contributed by atoms with Crippen molar-refractivity contribution in [3.8, 4) is 11.4 Å². The zero-order valence-electron chi connectivity index (χ0n) is 12.9. The molecule has 1 aromatic heterocycles. The van der Waals surface area contributed by atoms with Gasteiger partial charge in [-0.1, -0.05) is 18.2 Å². The third kappa shape index (κ3) is 2.55. The van der Waals surface area contributed by atoms with Crippen LogP contribution < -0.4 is 9.30 Å². The highest BCUT2D eigenvalue weighted by atomic mass is 16.5. The van der Waals surface area contributed by atoms with Gasteiger partial charge in [-0.15, -0.1) is 0 Å². The highest BCUT2D eigenvalue weighted by Gasteiger charge is 2.17. The predicted octanol–water partition coefficient (Wildman–Crippen LogP) is 2.97. The van der Waals surface area contributed by atoms with E-state index in [1.54, 1.807) is 7.11 Å². The quantitative estimate of drug-likeness (QED) is 0.751. The summed E-state index contributed by atoms with van der Waals surface area (Å²) in [6.07, 6.45) is 2.77. The number of benzene rings is 2. The molecule has 0 aliphatic heterocycles. The number of hydrogen-bond acceptors (Lipinski definition) is 2. The fraction of sp³-hybridized carbons (Fsp3) is 0.211. The molecule has 0 saturated carbocycles. The normalized spacial score (nSPS) is 10.9. The van der Waals surface area contributed by atoms with Gasteiger partial charge in [-0.25, -0.2) is 0 Å². The van der Waals surface area contributed by atoms with E-state index < -0.39 is 0 Å². The lowest BCUT2D eigenvalue weighted by atomic mass is 10.0. The van der Waals surface area contributed by atoms with Gasteiger partial charge in [0.2, 0.25) is 5.69 Å². The number of aromatic nitrogens is 1. The summed E-state index contributed by atoms with van der Waals surface area (Å²) in [6, 6.07) is 16.4. The molecule has 0 saturated heterocycles. The van der Waals surface area contributed by atoms with Gasteiger partial charge in [-0.3, -0.25) is 0 Å². The van der Waals surface area contributed by atoms with Crippen molar-refractivity contribution in [3.05, 3.63) is 66.0 Å². The number of pyridine rings is 1. The van der Waals surface area contributed by atoms with E-state index in [9.17, 15) is 5.11 Å². The number of aliphatic hydroxyl groups excluding tert-OH is 1. The molecular formula is C19H20NO2+. The van der Waals surface area contributed by atoms with Crippen LogP contribution in [0.25, 0.3) is 16.5 Å². The second-order valence-electron chi connectivity index (χ2n) is 5.33. The Morgan fingerprint density at radius 2 is 1.68 bits per heavy atom. The van der Waals surface area contributed by atoms with Gasteiger partial charge in [-0.2, -0.15) is 4.57 Å². The highest BCUT2D eigenvalue weighted by molar-refractivity contribution is 5.86. The van der Waals surface area contributed by atoms with Crippen molar-refractivity contribution in [1.82, 2.24) is 0 Å². The summed E-state index contributed by atoms with van der Waals surface area (Å²) in [6.45, 7) is 2.27. The minimum absolute atomic E-state index is 0.148. The Hall–Kier alpha value is -2.39. The van der Waals surface area contributed by atoms with Crippen LogP contribution in [0.4, 0.5) is 0 Å². The molecule has 0 spiro atoms. The molecule has 3 aromatic rings. The molecule has 1 heterocycles. The Labute approximate surface area is 130 Å². The summed E-state index contributed by atoms with van der Waals surface area (Å²) in [4.78, 5) is 0. The molecule has 112 valence electrons. The number of aliphatic hydroxyl groups is 1. The summed E-state index contributed by atoms with van der Waals surface area (Å²) in [5, 5.41) is 11.8. The molecular weight excluding hydrogens is 274 g/mol. The molecule has 0 amide bonds. The zero-order chi connectivity index (χ0) is 15.5. The molecule has 2 aromatic carbocycles. The van der Waals surface area contributed by atoms with Crippen LogP contribution in [-0.4, -0.2) is 18.8 Å². The van der Waals surface area contributed by atoms with Crippen LogP contribution in [0.15, 0.2) is 54.7 Å². The second-order valence-corrected chi connectivity index (χ2v) is 5.33. The standard InChI is InChI=1S/C19H20NO2/c1-14-18-5-3-4-6-19(18)15(11-12-21)13-20(14)16-7-9-17(22-2)10-8-16/h3-10,13,21H,11-12H2,1-2H3/q+1. The number of ether oxygens (including phenoxy) is 1. The lowest BCUT2D eigenvalue weighted by molar-refractivity contribution is -0.601. The summed E-state index contributed by atoms with van der Waals surface area (Å²) in [5.74, 6) is 0.846. The number of methoxy groups -OCH3 is 1. The van der Waals surface area contributed by atoms with Crippen LogP contribution in [0, 0.1) is 6.92 Å². The molecule has 0 bridgehead atoms. The smallest absolute Gasteiger partial charge is 0.211 e. The van der Waals surface area contributed by atoms with Crippen molar-refractivity contribution < 1.29 is 14.4 Å². The molecule has 0 atom stereocenters. The first-order valence-corrected chi connectivity index (χ1v) is 7.42. The second kappa shape index (κ2) is 6.16. The number of rotatable bonds is 4. The molecule has 0 radical (unpaired) electrons. The van der Waals surface area contributed by atoms with Crippen LogP contribution in [0.3, 0.4) is 0 Å². The largest absolute Gasteiger partial charge is 0.497 e. The van der Waals surface area contributed by atoms with E-state index in [0.29, 0.717) is 6.42 Å². The molecule has 1 N–H and O–H groups in total. The molecule has 3 heteroatoms. The van der Waals surface area contributed by atoms with Crippen LogP contribution >= 0.6 is 0 Å². The van der Waals surface area contributed by atoms with Gasteiger partial charge in [0.05, 0.1) is 7.11 Å². The Kier molecular flexibility index (Phi) is 4.07. The number of fused-ring (bicyclic) bond motifs is 1. The third-order valence-corrected chi connectivity index (χ3v) is 4.04. The average Bonchev–Trinajstić information content (AvgIpc) is 2.58. The van der Waals surface area contributed by atoms with E-state index in [1.807, 2.05) is 30.3 Å². The van der Waals surface area contributed by atoms with Gasteiger partial charge in [0, 0.05) is 43.0 Å². The van der Waals surface area contributed by atoms with E-state index in [-0.39, 0.29) is 6.61 Å². The Balaban J connectivity index is 2.21. The van der Waals surface area contributed by atoms with Gasteiger partial charge in [0.1, 0.15) is 5.75 Å². The summed E-state index contributed by atoms with van der Waals surface area (Å²) < 4.78 is 7.40. The number of aryl methyl sites for hydroxylation is 1. The molecule has 0 fully saturated rings. The maximum atomic E-state index is 9.35. The molecule has 0 aliphatic carbocycles. The van der Waals surface area contributed by atoms with E-state index in [4.69, 9.17) is 4.74 Å². The minimum Gasteiger partial charge on any atom is -0.497 e. The lowest BCUT2D eigenvalue weighted by Crippen LogP contribution is -2.35. The SMILES string of the molecule is COc1ccc(-[n+]2cc(CCO)c3ccccc3c2C)cc1. The fourth-order valence-electron chi connectivity index (χ4n) is 2.86. The van der Waals surface area contributed by atoms with Gasteiger partial charge in [0.15, 0.2) is 11.9 Å². The lowest BCUT2D eigenvalue weighted by Gasteiger charge is -2.09. The van der Waals surface area contributed by atoms with Gasteiger partial charge < -0.3 is 9.84 Å². The van der Waals surface area contributed by atoms with Gasteiger partial charge in [-0.05, 0) is 23.6 Å². The van der Waals surface area contributed by atoms with Crippen LogP contribution in [0.1, 0.15) is 11.3 Å². The number of hydrogen-bond donors (Lipinski definition) is 1. The minimum atomic E-state index is 0.148. The topological polar surface area (TPSA) is 33.3 Å². The van der Waals surface area contributed by atoms with E-state index in [2.05, 4.69) is 35.9 Å². The molecule has 0 aliphatic rings. The Morgan fingerprint density at radius 1 is 1.00 bits per heavy atom. The molecule has 3 rings (SSSR count). The van der Waals surface area contributed by atoms with Crippen molar-refractivity contribution in [3.63, 3.8) is 0 Å². The molecule has 0 unspecified atom stereocenters.